The van der Waals surface area contributed by atoms with Crippen LogP contribution in [0.3, 0.4) is 0 Å². The second kappa shape index (κ2) is 8.51. The Hall–Kier alpha value is -1.39. The summed E-state index contributed by atoms with van der Waals surface area (Å²) in [6.45, 7) is -1.08. The number of rotatable bonds is 8. The van der Waals surface area contributed by atoms with Gasteiger partial charge in [0.15, 0.2) is 23.9 Å². The summed E-state index contributed by atoms with van der Waals surface area (Å²) in [7, 11) is -16.8. The molecule has 31 heavy (non-hydrogen) atoms. The molecule has 1 fully saturated rings. The molecule has 0 aromatic carbocycles. The van der Waals surface area contributed by atoms with Crippen molar-refractivity contribution in [1.29, 1.82) is 0 Å². The molecule has 17 nitrogen and oxygen atoms in total. The number of alkyl halides is 1. The molecular formula is C10H15FN5O12P3. The first-order valence-electron chi connectivity index (χ1n) is 7.88. The number of aliphatic hydroxyl groups excluding tert-OH is 1. The fraction of sp³-hybridized carbons (Fsp3) is 0.500. The van der Waals surface area contributed by atoms with Crippen LogP contribution in [0.1, 0.15) is 6.23 Å². The molecule has 6 atom stereocenters. The third-order valence-electron chi connectivity index (χ3n) is 3.77. The van der Waals surface area contributed by atoms with E-state index in [-0.39, 0.29) is 17.0 Å². The molecule has 0 saturated carbocycles. The standard InChI is InChI=1S/C10H15FN5O12P3/c11-5-4(1-25-30(21,22)28-31(23,24)27-29(18,19)20)26-10(7(5)17)16-3-15-6-8(12)13-2-14-9(6)16/h2-5,7,10,17H,1H2,(H,21,22)(H,23,24)(H2,12,13,14)(H2,18,19,20)/t4-,5-,7+,10-/m1/s1. The van der Waals surface area contributed by atoms with Crippen LogP contribution in [0.4, 0.5) is 10.2 Å². The summed E-state index contributed by atoms with van der Waals surface area (Å²) in [5, 5.41) is 10.1. The van der Waals surface area contributed by atoms with Crippen molar-refractivity contribution in [3.05, 3.63) is 12.7 Å². The Morgan fingerprint density at radius 1 is 1.13 bits per heavy atom. The number of phosphoric acid groups is 3. The van der Waals surface area contributed by atoms with E-state index in [1.54, 1.807) is 0 Å². The van der Waals surface area contributed by atoms with Crippen LogP contribution >= 0.6 is 23.5 Å². The smallest absolute Gasteiger partial charge is 0.385 e. The lowest BCUT2D eigenvalue weighted by Crippen LogP contribution is -2.30. The number of fused-ring (bicyclic) bond motifs is 1. The zero-order valence-corrected chi connectivity index (χ0v) is 17.5. The number of imidazole rings is 1. The summed E-state index contributed by atoms with van der Waals surface area (Å²) in [5.74, 6) is 0.0113. The maximum absolute atomic E-state index is 14.4. The molecule has 2 unspecified atom stereocenters. The van der Waals surface area contributed by atoms with Gasteiger partial charge in [-0.3, -0.25) is 9.09 Å². The first kappa shape index (κ1) is 24.3. The van der Waals surface area contributed by atoms with Crippen molar-refractivity contribution in [1.82, 2.24) is 19.5 Å². The number of hydrogen-bond acceptors (Lipinski definition) is 12. The van der Waals surface area contributed by atoms with Crippen LogP contribution in [-0.2, 0) is 31.6 Å². The first-order valence-corrected chi connectivity index (χ1v) is 12.4. The van der Waals surface area contributed by atoms with Crippen LogP contribution < -0.4 is 5.73 Å². The number of nitrogen functional groups attached to an aromatic ring is 1. The van der Waals surface area contributed by atoms with Gasteiger partial charge in [0.2, 0.25) is 0 Å². The number of anilines is 1. The van der Waals surface area contributed by atoms with Crippen molar-refractivity contribution < 1.29 is 60.6 Å². The zero-order chi connectivity index (χ0) is 23.2. The number of nitrogens with zero attached hydrogens (tertiary/aromatic N) is 4. The van der Waals surface area contributed by atoms with Crippen LogP contribution in [0.5, 0.6) is 0 Å². The predicted octanol–water partition coefficient (Wildman–Crippen LogP) is -0.652. The topological polar surface area (TPSA) is 259 Å². The normalized spacial score (nSPS) is 28.5. The summed E-state index contributed by atoms with van der Waals surface area (Å²) in [6, 6.07) is 0. The Kier molecular flexibility index (Phi) is 6.66. The number of phosphoric ester groups is 1. The van der Waals surface area contributed by atoms with Crippen LogP contribution in [0, 0.1) is 0 Å². The molecule has 1 aliphatic heterocycles. The number of aromatic nitrogens is 4. The Morgan fingerprint density at radius 2 is 1.81 bits per heavy atom. The highest BCUT2D eigenvalue weighted by molar-refractivity contribution is 7.66. The number of ether oxygens (including phenoxy) is 1. The molecular weight excluding hydrogens is 494 g/mol. The Labute approximate surface area is 171 Å². The molecule has 7 N–H and O–H groups in total. The van der Waals surface area contributed by atoms with Gasteiger partial charge < -0.3 is 35.2 Å². The van der Waals surface area contributed by atoms with Gasteiger partial charge in [-0.15, -0.1) is 0 Å². The van der Waals surface area contributed by atoms with E-state index in [2.05, 4.69) is 28.1 Å². The molecule has 3 rings (SSSR count). The van der Waals surface area contributed by atoms with Gasteiger partial charge in [0.25, 0.3) is 0 Å². The van der Waals surface area contributed by atoms with E-state index in [0.29, 0.717) is 0 Å². The van der Waals surface area contributed by atoms with Crippen molar-refractivity contribution in [2.45, 2.75) is 24.6 Å². The minimum atomic E-state index is -5.73. The van der Waals surface area contributed by atoms with Gasteiger partial charge in [0.1, 0.15) is 24.1 Å². The molecule has 0 spiro atoms. The Balaban J connectivity index is 1.69. The molecule has 3 heterocycles. The molecule has 1 aliphatic rings. The first-order chi connectivity index (χ1) is 14.2. The predicted molar refractivity (Wildman–Crippen MR) is 94.4 cm³/mol. The van der Waals surface area contributed by atoms with E-state index in [9.17, 15) is 28.1 Å². The minimum absolute atomic E-state index is 0.0113. The van der Waals surface area contributed by atoms with E-state index < -0.39 is 54.7 Å². The maximum atomic E-state index is 14.4. The van der Waals surface area contributed by atoms with Gasteiger partial charge in [-0.25, -0.2) is 33.0 Å². The molecule has 174 valence electrons. The Bertz CT molecular complexity index is 1110. The second-order valence-electron chi connectivity index (χ2n) is 5.97. The van der Waals surface area contributed by atoms with E-state index in [1.165, 1.54) is 0 Å². The van der Waals surface area contributed by atoms with Crippen molar-refractivity contribution in [2.75, 3.05) is 12.3 Å². The van der Waals surface area contributed by atoms with Gasteiger partial charge in [-0.2, -0.15) is 8.62 Å². The molecule has 2 aromatic heterocycles. The highest BCUT2D eigenvalue weighted by Gasteiger charge is 2.48. The molecule has 2 aromatic rings. The van der Waals surface area contributed by atoms with Crippen LogP contribution in [0.15, 0.2) is 12.7 Å². The summed E-state index contributed by atoms with van der Waals surface area (Å²) in [5.41, 5.74) is 5.88. The van der Waals surface area contributed by atoms with Crippen molar-refractivity contribution in [3.8, 4) is 0 Å². The second-order valence-corrected chi connectivity index (χ2v) is 10.4. The van der Waals surface area contributed by atoms with Gasteiger partial charge in [0, 0.05) is 0 Å². The molecule has 0 radical (unpaired) electrons. The van der Waals surface area contributed by atoms with E-state index in [1.807, 2.05) is 0 Å². The summed E-state index contributed by atoms with van der Waals surface area (Å²) in [4.78, 5) is 47.0. The van der Waals surface area contributed by atoms with E-state index in [0.717, 1.165) is 17.2 Å². The summed E-state index contributed by atoms with van der Waals surface area (Å²) < 4.78 is 65.9. The lowest BCUT2D eigenvalue weighted by Gasteiger charge is -2.18. The quantitative estimate of drug-likeness (QED) is 0.241. The zero-order valence-electron chi connectivity index (χ0n) is 14.9. The van der Waals surface area contributed by atoms with Gasteiger partial charge in [0.05, 0.1) is 12.9 Å². The average molecular weight is 509 g/mol. The van der Waals surface area contributed by atoms with Crippen LogP contribution in [0.2, 0.25) is 0 Å². The number of hydrogen-bond donors (Lipinski definition) is 6. The molecule has 0 aliphatic carbocycles. The summed E-state index contributed by atoms with van der Waals surface area (Å²) in [6.07, 6.45) is -4.85. The minimum Gasteiger partial charge on any atom is -0.385 e. The number of halogens is 1. The van der Waals surface area contributed by atoms with Crippen molar-refractivity contribution in [3.63, 3.8) is 0 Å². The molecule has 0 amide bonds. The summed E-state index contributed by atoms with van der Waals surface area (Å²) >= 11 is 0. The number of nitrogens with two attached hydrogens (primary N) is 1. The molecule has 0 bridgehead atoms. The fourth-order valence-electron chi connectivity index (χ4n) is 2.60. The number of aliphatic hydroxyl groups is 1. The van der Waals surface area contributed by atoms with E-state index in [4.69, 9.17) is 25.2 Å². The van der Waals surface area contributed by atoms with Crippen LogP contribution in [-0.4, -0.2) is 69.2 Å². The lowest BCUT2D eigenvalue weighted by atomic mass is 10.1. The highest BCUT2D eigenvalue weighted by atomic mass is 31.3. The lowest BCUT2D eigenvalue weighted by molar-refractivity contribution is -0.0489. The fourth-order valence-corrected chi connectivity index (χ4v) is 5.63. The third-order valence-corrected chi connectivity index (χ3v) is 7.57. The van der Waals surface area contributed by atoms with Gasteiger partial charge >= 0.3 is 23.5 Å². The SMILES string of the molecule is Nc1ncnc2c1ncn2[C@@H]1O[C@H](COP(=O)(O)OP(=O)(O)OP(=O)(O)O)[C@@H](F)[C@@H]1O. The van der Waals surface area contributed by atoms with Crippen molar-refractivity contribution >= 4 is 40.4 Å². The van der Waals surface area contributed by atoms with Crippen LogP contribution in [0.25, 0.3) is 11.2 Å². The highest BCUT2D eigenvalue weighted by Crippen LogP contribution is 2.66. The maximum Gasteiger partial charge on any atom is 0.490 e. The monoisotopic (exact) mass is 509 g/mol. The molecule has 1 saturated heterocycles. The van der Waals surface area contributed by atoms with E-state index >= 15 is 0 Å². The molecule has 21 heteroatoms. The van der Waals surface area contributed by atoms with Gasteiger partial charge in [-0.1, -0.05) is 0 Å². The Morgan fingerprint density at radius 3 is 2.45 bits per heavy atom. The van der Waals surface area contributed by atoms with Crippen molar-refractivity contribution in [2.24, 2.45) is 0 Å². The average Bonchev–Trinajstić information content (AvgIpc) is 3.13. The largest absolute Gasteiger partial charge is 0.490 e. The third kappa shape index (κ3) is 5.70. The van der Waals surface area contributed by atoms with Gasteiger partial charge in [-0.05, 0) is 0 Å².